The predicted molar refractivity (Wildman–Crippen MR) is 85.6 cm³/mol. The average Bonchev–Trinajstić information content (AvgIpc) is 2.81. The van der Waals surface area contributed by atoms with Gasteiger partial charge in [0, 0.05) is 13.3 Å². The number of carbonyl (C=O) groups excluding carboxylic acids is 1. The Kier molecular flexibility index (Phi) is 6.59. The molecular formula is C16H24N4O. The van der Waals surface area contributed by atoms with E-state index in [1.807, 2.05) is 37.3 Å². The molecule has 5 heteroatoms. The number of anilines is 1. The second-order valence-electron chi connectivity index (χ2n) is 5.37. The normalized spacial score (nSPS) is 10.0. The monoisotopic (exact) mass is 288 g/mol. The van der Waals surface area contributed by atoms with Crippen molar-refractivity contribution in [3.63, 3.8) is 0 Å². The maximum Gasteiger partial charge on any atom is 0.249 e. The summed E-state index contributed by atoms with van der Waals surface area (Å²) in [5.74, 6) is 1.83. The Bertz CT molecular complexity index is 558. The molecule has 1 amide bonds. The quantitative estimate of drug-likeness (QED) is 0.941. The first kappa shape index (κ1) is 16.9. The van der Waals surface area contributed by atoms with Gasteiger partial charge in [-0.3, -0.25) is 10.1 Å². The van der Waals surface area contributed by atoms with E-state index in [0.29, 0.717) is 5.95 Å². The summed E-state index contributed by atoms with van der Waals surface area (Å²) < 4.78 is 1.74. The van der Waals surface area contributed by atoms with Gasteiger partial charge in [0.25, 0.3) is 0 Å². The van der Waals surface area contributed by atoms with Gasteiger partial charge in [0.2, 0.25) is 11.9 Å². The Morgan fingerprint density at radius 1 is 1.24 bits per heavy atom. The summed E-state index contributed by atoms with van der Waals surface area (Å²) in [5.41, 5.74) is 0.938. The summed E-state index contributed by atoms with van der Waals surface area (Å²) in [5, 5.41) is 6.85. The molecule has 0 unspecified atom stereocenters. The van der Waals surface area contributed by atoms with Crippen molar-refractivity contribution in [1.29, 1.82) is 0 Å². The summed E-state index contributed by atoms with van der Waals surface area (Å²) in [6.45, 7) is 9.94. The van der Waals surface area contributed by atoms with E-state index in [2.05, 4.69) is 36.2 Å². The second-order valence-corrected chi connectivity index (χ2v) is 5.37. The minimum Gasteiger partial charge on any atom is -0.293 e. The van der Waals surface area contributed by atoms with Gasteiger partial charge in [0.15, 0.2) is 0 Å². The Morgan fingerprint density at radius 3 is 2.29 bits per heavy atom. The van der Waals surface area contributed by atoms with Gasteiger partial charge in [-0.25, -0.2) is 4.68 Å². The van der Waals surface area contributed by atoms with Crippen LogP contribution in [0, 0.1) is 5.92 Å². The number of benzene rings is 1. The summed E-state index contributed by atoms with van der Waals surface area (Å²) in [7, 11) is 0. The van der Waals surface area contributed by atoms with Gasteiger partial charge < -0.3 is 0 Å². The fraction of sp³-hybridized carbons (Fsp3) is 0.438. The highest BCUT2D eigenvalue weighted by Gasteiger charge is 2.10. The lowest BCUT2D eigenvalue weighted by atomic mass is 10.3. The molecule has 0 aliphatic heterocycles. The van der Waals surface area contributed by atoms with E-state index in [-0.39, 0.29) is 5.91 Å². The van der Waals surface area contributed by atoms with E-state index < -0.39 is 0 Å². The van der Waals surface area contributed by atoms with Crippen LogP contribution in [0.5, 0.6) is 0 Å². The first-order chi connectivity index (χ1) is 9.93. The van der Waals surface area contributed by atoms with Crippen LogP contribution in [0.15, 0.2) is 30.3 Å². The SMILES string of the molecule is CC(C)C.CCc1nc(NC(C)=O)nn1-c1ccccc1. The number of aromatic nitrogens is 3. The van der Waals surface area contributed by atoms with Crippen molar-refractivity contribution in [2.75, 3.05) is 5.32 Å². The predicted octanol–water partition coefficient (Wildman–Crippen LogP) is 3.45. The molecule has 1 heterocycles. The Hall–Kier alpha value is -2.17. The maximum atomic E-state index is 11.0. The van der Waals surface area contributed by atoms with Crippen LogP contribution in [0.2, 0.25) is 0 Å². The fourth-order valence-corrected chi connectivity index (χ4v) is 1.56. The summed E-state index contributed by atoms with van der Waals surface area (Å²) in [6, 6.07) is 9.72. The zero-order chi connectivity index (χ0) is 15.8. The molecule has 0 aliphatic carbocycles. The van der Waals surface area contributed by atoms with Gasteiger partial charge in [0.1, 0.15) is 5.82 Å². The summed E-state index contributed by atoms with van der Waals surface area (Å²) in [6.07, 6.45) is 0.751. The van der Waals surface area contributed by atoms with E-state index in [1.54, 1.807) is 4.68 Å². The lowest BCUT2D eigenvalue weighted by molar-refractivity contribution is -0.114. The van der Waals surface area contributed by atoms with Crippen LogP contribution in [0.25, 0.3) is 5.69 Å². The Morgan fingerprint density at radius 2 is 1.81 bits per heavy atom. The summed E-state index contributed by atoms with van der Waals surface area (Å²) in [4.78, 5) is 15.2. The van der Waals surface area contributed by atoms with Gasteiger partial charge >= 0.3 is 0 Å². The van der Waals surface area contributed by atoms with Crippen LogP contribution in [-0.2, 0) is 11.2 Å². The molecule has 1 N–H and O–H groups in total. The number of nitrogens with one attached hydrogen (secondary N) is 1. The molecule has 2 aromatic rings. The molecule has 5 nitrogen and oxygen atoms in total. The van der Waals surface area contributed by atoms with E-state index in [4.69, 9.17) is 0 Å². The Balaban J connectivity index is 0.000000491. The molecule has 0 fully saturated rings. The number of aryl methyl sites for hydroxylation is 1. The first-order valence-corrected chi connectivity index (χ1v) is 7.23. The van der Waals surface area contributed by atoms with Crippen molar-refractivity contribution in [2.45, 2.75) is 41.0 Å². The zero-order valence-electron chi connectivity index (χ0n) is 13.4. The minimum atomic E-state index is -0.169. The van der Waals surface area contributed by atoms with Crippen molar-refractivity contribution in [2.24, 2.45) is 5.92 Å². The molecule has 0 saturated carbocycles. The van der Waals surface area contributed by atoms with Crippen LogP contribution < -0.4 is 5.32 Å². The van der Waals surface area contributed by atoms with E-state index in [1.165, 1.54) is 6.92 Å². The Labute approximate surface area is 126 Å². The average molecular weight is 288 g/mol. The first-order valence-electron chi connectivity index (χ1n) is 7.23. The van der Waals surface area contributed by atoms with Crippen molar-refractivity contribution in [3.05, 3.63) is 36.2 Å². The molecule has 1 aromatic heterocycles. The van der Waals surface area contributed by atoms with Crippen molar-refractivity contribution < 1.29 is 4.79 Å². The molecule has 0 aliphatic rings. The van der Waals surface area contributed by atoms with Crippen LogP contribution in [0.3, 0.4) is 0 Å². The molecule has 114 valence electrons. The third kappa shape index (κ3) is 5.77. The number of hydrogen-bond donors (Lipinski definition) is 1. The fourth-order valence-electron chi connectivity index (χ4n) is 1.56. The maximum absolute atomic E-state index is 11.0. The third-order valence-electron chi connectivity index (χ3n) is 2.28. The lowest BCUT2D eigenvalue weighted by Crippen LogP contribution is -2.07. The van der Waals surface area contributed by atoms with Crippen LogP contribution in [0.4, 0.5) is 5.95 Å². The van der Waals surface area contributed by atoms with Crippen LogP contribution >= 0.6 is 0 Å². The minimum absolute atomic E-state index is 0.169. The second kappa shape index (κ2) is 8.19. The third-order valence-corrected chi connectivity index (χ3v) is 2.28. The van der Waals surface area contributed by atoms with E-state index in [9.17, 15) is 4.79 Å². The molecule has 0 saturated heterocycles. The van der Waals surface area contributed by atoms with Crippen molar-refractivity contribution in [1.82, 2.24) is 14.8 Å². The van der Waals surface area contributed by atoms with Gasteiger partial charge in [-0.2, -0.15) is 4.98 Å². The highest BCUT2D eigenvalue weighted by molar-refractivity contribution is 5.86. The molecule has 1 aromatic carbocycles. The molecule has 0 atom stereocenters. The van der Waals surface area contributed by atoms with Crippen molar-refractivity contribution in [3.8, 4) is 5.69 Å². The molecule has 21 heavy (non-hydrogen) atoms. The number of para-hydroxylation sites is 1. The molecule has 0 radical (unpaired) electrons. The van der Waals surface area contributed by atoms with Crippen molar-refractivity contribution >= 4 is 11.9 Å². The van der Waals surface area contributed by atoms with Crippen LogP contribution in [0.1, 0.15) is 40.4 Å². The zero-order valence-corrected chi connectivity index (χ0v) is 13.4. The molecule has 2 rings (SSSR count). The standard InChI is InChI=1S/C12H14N4O.C4H10/c1-3-11-14-12(13-9(2)17)15-16(11)10-7-5-4-6-8-10;1-4(2)3/h4-8H,3H2,1-2H3,(H,13,15,17);4H,1-3H3. The van der Waals surface area contributed by atoms with Gasteiger partial charge in [-0.1, -0.05) is 45.9 Å². The number of amides is 1. The van der Waals surface area contributed by atoms with E-state index in [0.717, 1.165) is 23.9 Å². The largest absolute Gasteiger partial charge is 0.293 e. The molecule has 0 spiro atoms. The highest BCUT2D eigenvalue weighted by atomic mass is 16.1. The smallest absolute Gasteiger partial charge is 0.249 e. The lowest BCUT2D eigenvalue weighted by Gasteiger charge is -2.02. The number of carbonyl (C=O) groups is 1. The number of hydrogen-bond acceptors (Lipinski definition) is 3. The number of nitrogens with zero attached hydrogens (tertiary/aromatic N) is 3. The van der Waals surface area contributed by atoms with E-state index >= 15 is 0 Å². The topological polar surface area (TPSA) is 59.8 Å². The molecule has 0 bridgehead atoms. The number of rotatable bonds is 3. The van der Waals surface area contributed by atoms with Gasteiger partial charge in [-0.05, 0) is 18.1 Å². The molecular weight excluding hydrogens is 264 g/mol. The highest BCUT2D eigenvalue weighted by Crippen LogP contribution is 2.12. The van der Waals surface area contributed by atoms with Gasteiger partial charge in [0.05, 0.1) is 5.69 Å². The summed E-state index contributed by atoms with van der Waals surface area (Å²) >= 11 is 0. The van der Waals surface area contributed by atoms with Gasteiger partial charge in [-0.15, -0.1) is 5.10 Å². The van der Waals surface area contributed by atoms with Crippen LogP contribution in [-0.4, -0.2) is 20.7 Å².